The summed E-state index contributed by atoms with van der Waals surface area (Å²) in [6.07, 6.45) is 1.91. The second-order valence-electron chi connectivity index (χ2n) is 8.08. The molecule has 0 saturated carbocycles. The molecule has 0 fully saturated rings. The highest BCUT2D eigenvalue weighted by Gasteiger charge is 2.16. The van der Waals surface area contributed by atoms with Gasteiger partial charge in [-0.15, -0.1) is 5.10 Å². The first-order valence-electron chi connectivity index (χ1n) is 10.8. The number of benzene rings is 2. The van der Waals surface area contributed by atoms with Crippen molar-refractivity contribution in [2.45, 2.75) is 46.7 Å². The molecule has 2 aromatic heterocycles. The van der Waals surface area contributed by atoms with E-state index in [0.29, 0.717) is 12.1 Å². The van der Waals surface area contributed by atoms with Gasteiger partial charge < -0.3 is 5.32 Å². The van der Waals surface area contributed by atoms with Crippen molar-refractivity contribution in [1.29, 1.82) is 0 Å². The van der Waals surface area contributed by atoms with Crippen LogP contribution in [0.25, 0.3) is 16.8 Å². The summed E-state index contributed by atoms with van der Waals surface area (Å²) in [6.45, 7) is 9.30. The van der Waals surface area contributed by atoms with E-state index in [2.05, 4.69) is 57.1 Å². The summed E-state index contributed by atoms with van der Waals surface area (Å²) in [7, 11) is 0. The van der Waals surface area contributed by atoms with E-state index in [9.17, 15) is 4.79 Å². The van der Waals surface area contributed by atoms with Crippen molar-refractivity contribution in [3.8, 4) is 16.8 Å². The third-order valence-electron chi connectivity index (χ3n) is 5.27. The van der Waals surface area contributed by atoms with Crippen molar-refractivity contribution >= 4 is 5.91 Å². The van der Waals surface area contributed by atoms with E-state index in [1.54, 1.807) is 4.68 Å². The van der Waals surface area contributed by atoms with Crippen LogP contribution in [0, 0.1) is 6.92 Å². The van der Waals surface area contributed by atoms with Crippen LogP contribution in [0.15, 0.2) is 54.7 Å². The lowest BCUT2D eigenvalue weighted by Gasteiger charge is -2.12. The van der Waals surface area contributed by atoms with Gasteiger partial charge in [0.1, 0.15) is 0 Å². The Kier molecular flexibility index (Phi) is 6.11. The van der Waals surface area contributed by atoms with Gasteiger partial charge in [-0.3, -0.25) is 9.48 Å². The predicted molar refractivity (Wildman–Crippen MR) is 122 cm³/mol. The average molecular weight is 430 g/mol. The van der Waals surface area contributed by atoms with Gasteiger partial charge >= 0.3 is 0 Å². The fourth-order valence-electron chi connectivity index (χ4n) is 3.46. The summed E-state index contributed by atoms with van der Waals surface area (Å²) in [4.78, 5) is 13.1. The molecule has 0 spiro atoms. The number of aryl methyl sites for hydroxylation is 2. The summed E-state index contributed by atoms with van der Waals surface area (Å²) in [6, 6.07) is 15.9. The fraction of sp³-hybridized carbons (Fsp3) is 0.292. The topological polar surface area (TPSA) is 90.5 Å². The zero-order valence-electron chi connectivity index (χ0n) is 18.8. The number of aromatic nitrogens is 6. The van der Waals surface area contributed by atoms with E-state index in [-0.39, 0.29) is 11.8 Å². The lowest BCUT2D eigenvalue weighted by Crippen LogP contribution is -2.23. The number of rotatable bonds is 7. The molecule has 0 unspecified atom stereocenters. The molecule has 8 heteroatoms. The molecule has 2 heterocycles. The monoisotopic (exact) mass is 429 g/mol. The van der Waals surface area contributed by atoms with Crippen LogP contribution in [0.5, 0.6) is 0 Å². The van der Waals surface area contributed by atoms with E-state index in [1.807, 2.05) is 55.9 Å². The Balaban J connectivity index is 1.70. The van der Waals surface area contributed by atoms with Gasteiger partial charge in [-0.2, -0.15) is 9.78 Å². The summed E-state index contributed by atoms with van der Waals surface area (Å²) >= 11 is 0. The summed E-state index contributed by atoms with van der Waals surface area (Å²) < 4.78 is 3.53. The molecular formula is C24H27N7O. The first kappa shape index (κ1) is 21.4. The van der Waals surface area contributed by atoms with Gasteiger partial charge in [-0.1, -0.05) is 43.7 Å². The van der Waals surface area contributed by atoms with Crippen molar-refractivity contribution in [1.82, 2.24) is 35.3 Å². The number of nitrogens with one attached hydrogen (secondary N) is 1. The van der Waals surface area contributed by atoms with Crippen molar-refractivity contribution in [2.75, 3.05) is 0 Å². The van der Waals surface area contributed by atoms with Crippen molar-refractivity contribution in [3.63, 3.8) is 0 Å². The molecular weight excluding hydrogens is 402 g/mol. The van der Waals surface area contributed by atoms with Crippen LogP contribution < -0.4 is 5.32 Å². The second kappa shape index (κ2) is 9.13. The van der Waals surface area contributed by atoms with Crippen molar-refractivity contribution in [3.05, 3.63) is 77.4 Å². The van der Waals surface area contributed by atoms with Gasteiger partial charge in [0, 0.05) is 24.2 Å². The number of hydrogen-bond donors (Lipinski definition) is 1. The minimum Gasteiger partial charge on any atom is -0.346 e. The lowest BCUT2D eigenvalue weighted by molar-refractivity contribution is 0.0950. The zero-order valence-corrected chi connectivity index (χ0v) is 18.8. The highest BCUT2D eigenvalue weighted by atomic mass is 16.1. The highest BCUT2D eigenvalue weighted by molar-refractivity contribution is 5.96. The molecule has 0 aliphatic rings. The van der Waals surface area contributed by atoms with E-state index in [0.717, 1.165) is 34.9 Å². The average Bonchev–Trinajstić information content (AvgIpc) is 3.47. The van der Waals surface area contributed by atoms with Crippen LogP contribution in [0.3, 0.4) is 0 Å². The maximum Gasteiger partial charge on any atom is 0.251 e. The SMILES string of the molecule is CCn1ccc(CNC(=O)c2cc(-c3ccc(C)cc3)cc(-n3nnnc3C(C)C)c2)n1. The Morgan fingerprint density at radius 1 is 1.06 bits per heavy atom. The number of nitrogens with zero attached hydrogens (tertiary/aromatic N) is 6. The molecule has 4 aromatic rings. The molecule has 4 rings (SSSR count). The Bertz CT molecular complexity index is 1220. The molecule has 1 amide bonds. The Labute approximate surface area is 187 Å². The van der Waals surface area contributed by atoms with Crippen LogP contribution in [0.1, 0.15) is 54.1 Å². The zero-order chi connectivity index (χ0) is 22.7. The maximum absolute atomic E-state index is 13.1. The third kappa shape index (κ3) is 4.59. The Hall–Kier alpha value is -3.81. The van der Waals surface area contributed by atoms with Gasteiger partial charge in [0.05, 0.1) is 17.9 Å². The first-order valence-corrected chi connectivity index (χ1v) is 10.8. The van der Waals surface area contributed by atoms with Crippen LogP contribution in [0.2, 0.25) is 0 Å². The van der Waals surface area contributed by atoms with E-state index in [4.69, 9.17) is 0 Å². The number of hydrogen-bond acceptors (Lipinski definition) is 5. The minimum absolute atomic E-state index is 0.138. The van der Waals surface area contributed by atoms with Crippen LogP contribution in [-0.4, -0.2) is 35.9 Å². The van der Waals surface area contributed by atoms with Crippen LogP contribution in [0.4, 0.5) is 0 Å². The summed E-state index contributed by atoms with van der Waals surface area (Å²) in [5.41, 5.74) is 5.23. The Morgan fingerprint density at radius 2 is 1.84 bits per heavy atom. The Morgan fingerprint density at radius 3 is 2.53 bits per heavy atom. The quantitative estimate of drug-likeness (QED) is 0.481. The molecule has 8 nitrogen and oxygen atoms in total. The molecule has 0 aliphatic carbocycles. The lowest BCUT2D eigenvalue weighted by atomic mass is 10.0. The molecule has 164 valence electrons. The molecule has 0 atom stereocenters. The van der Waals surface area contributed by atoms with Crippen molar-refractivity contribution < 1.29 is 4.79 Å². The first-order chi connectivity index (χ1) is 15.4. The number of tetrazole rings is 1. The van der Waals surface area contributed by atoms with Crippen LogP contribution in [-0.2, 0) is 13.1 Å². The van der Waals surface area contributed by atoms with Gasteiger partial charge in [0.25, 0.3) is 5.91 Å². The number of carbonyl (C=O) groups is 1. The van der Waals surface area contributed by atoms with E-state index in [1.165, 1.54) is 5.56 Å². The number of amides is 1. The van der Waals surface area contributed by atoms with Gasteiger partial charge in [-0.25, -0.2) is 0 Å². The molecule has 32 heavy (non-hydrogen) atoms. The predicted octanol–water partition coefficient (Wildman–Crippen LogP) is 3.91. The smallest absolute Gasteiger partial charge is 0.251 e. The maximum atomic E-state index is 13.1. The standard InChI is InChI=1S/C24H27N7O/c1-5-30-11-10-21(27-30)15-25-24(32)20-12-19(18-8-6-17(4)7-9-18)13-22(14-20)31-23(16(2)3)26-28-29-31/h6-14,16H,5,15H2,1-4H3,(H,25,32). The minimum atomic E-state index is -0.176. The van der Waals surface area contributed by atoms with Gasteiger partial charge in [0.2, 0.25) is 0 Å². The fourth-order valence-corrected chi connectivity index (χ4v) is 3.46. The summed E-state index contributed by atoms with van der Waals surface area (Å²) in [5, 5.41) is 19.6. The molecule has 2 aromatic carbocycles. The summed E-state index contributed by atoms with van der Waals surface area (Å²) in [5.74, 6) is 0.701. The van der Waals surface area contributed by atoms with E-state index < -0.39 is 0 Å². The molecule has 0 radical (unpaired) electrons. The molecule has 0 aliphatic heterocycles. The van der Waals surface area contributed by atoms with E-state index >= 15 is 0 Å². The molecule has 1 N–H and O–H groups in total. The number of carbonyl (C=O) groups excluding carboxylic acids is 1. The van der Waals surface area contributed by atoms with Crippen LogP contribution >= 0.6 is 0 Å². The highest BCUT2D eigenvalue weighted by Crippen LogP contribution is 2.26. The third-order valence-corrected chi connectivity index (χ3v) is 5.27. The molecule has 0 bridgehead atoms. The largest absolute Gasteiger partial charge is 0.346 e. The molecule has 0 saturated heterocycles. The van der Waals surface area contributed by atoms with Gasteiger partial charge in [-0.05, 0) is 59.7 Å². The van der Waals surface area contributed by atoms with Crippen molar-refractivity contribution in [2.24, 2.45) is 0 Å². The second-order valence-corrected chi connectivity index (χ2v) is 8.08. The normalized spacial score (nSPS) is 11.2. The van der Waals surface area contributed by atoms with Gasteiger partial charge in [0.15, 0.2) is 5.82 Å².